The third-order valence-electron chi connectivity index (χ3n) is 3.77. The summed E-state index contributed by atoms with van der Waals surface area (Å²) in [5.41, 5.74) is 1.06. The molecule has 1 aromatic heterocycles. The smallest absolute Gasteiger partial charge is 0.308 e. The van der Waals surface area contributed by atoms with E-state index in [0.717, 1.165) is 11.4 Å². The number of carbonyl (C=O) groups is 2. The lowest BCUT2D eigenvalue weighted by Gasteiger charge is -2.26. The molecule has 0 aliphatic carbocycles. The molecule has 0 atom stereocenters. The number of likely N-dealkylation sites (N-methyl/N-ethyl adjacent to an activating group) is 1. The minimum Gasteiger partial charge on any atom is -0.427 e. The van der Waals surface area contributed by atoms with Crippen molar-refractivity contribution in [2.45, 2.75) is 20.4 Å². The van der Waals surface area contributed by atoms with Crippen LogP contribution in [0.1, 0.15) is 19.4 Å². The lowest BCUT2D eigenvalue weighted by molar-refractivity contribution is -0.132. The van der Waals surface area contributed by atoms with E-state index in [9.17, 15) is 9.59 Å². The van der Waals surface area contributed by atoms with E-state index >= 15 is 0 Å². The van der Waals surface area contributed by atoms with Crippen LogP contribution in [0.4, 0.5) is 5.82 Å². The summed E-state index contributed by atoms with van der Waals surface area (Å²) in [6.45, 7) is 4.85. The van der Waals surface area contributed by atoms with Gasteiger partial charge in [0, 0.05) is 46.7 Å². The Hall–Kier alpha value is -2.89. The molecule has 0 spiro atoms. The van der Waals surface area contributed by atoms with Crippen LogP contribution in [0.25, 0.3) is 0 Å². The third-order valence-corrected chi connectivity index (χ3v) is 3.77. The number of pyridine rings is 1. The second-order valence-corrected chi connectivity index (χ2v) is 5.79. The molecule has 2 aromatic rings. The van der Waals surface area contributed by atoms with Crippen molar-refractivity contribution in [2.75, 3.05) is 25.0 Å². The van der Waals surface area contributed by atoms with Gasteiger partial charge >= 0.3 is 5.97 Å². The number of hydrogen-bond acceptors (Lipinski definition) is 5. The first kappa shape index (κ1) is 18.4. The average Bonchev–Trinajstić information content (AvgIpc) is 2.60. The molecule has 0 N–H and O–H groups in total. The summed E-state index contributed by atoms with van der Waals surface area (Å²) in [6, 6.07) is 13.1. The van der Waals surface area contributed by atoms with Gasteiger partial charge in [0.15, 0.2) is 0 Å². The molecular formula is C19H23N3O3. The van der Waals surface area contributed by atoms with Crippen LogP contribution >= 0.6 is 0 Å². The molecule has 0 unspecified atom stereocenters. The largest absolute Gasteiger partial charge is 0.427 e. The number of rotatable bonds is 7. The van der Waals surface area contributed by atoms with Crippen LogP contribution in [0, 0.1) is 0 Å². The number of amides is 1. The molecule has 25 heavy (non-hydrogen) atoms. The molecule has 0 aliphatic rings. The summed E-state index contributed by atoms with van der Waals surface area (Å²) in [5.74, 6) is 1.07. The zero-order chi connectivity index (χ0) is 18.2. The third kappa shape index (κ3) is 5.91. The second-order valence-electron chi connectivity index (χ2n) is 5.79. The first-order valence-corrected chi connectivity index (χ1v) is 8.11. The predicted molar refractivity (Wildman–Crippen MR) is 96.3 cm³/mol. The van der Waals surface area contributed by atoms with Gasteiger partial charge in [0.05, 0.1) is 0 Å². The van der Waals surface area contributed by atoms with Crippen molar-refractivity contribution in [3.63, 3.8) is 0 Å². The van der Waals surface area contributed by atoms with Crippen LogP contribution in [-0.2, 0) is 16.1 Å². The molecule has 0 fully saturated rings. The molecule has 6 heteroatoms. The molecule has 0 aliphatic heterocycles. The van der Waals surface area contributed by atoms with Gasteiger partial charge in [-0.3, -0.25) is 9.59 Å². The number of hydrogen-bond donors (Lipinski definition) is 0. The van der Waals surface area contributed by atoms with Gasteiger partial charge in [-0.25, -0.2) is 4.98 Å². The topological polar surface area (TPSA) is 62.7 Å². The zero-order valence-corrected chi connectivity index (χ0v) is 14.8. The van der Waals surface area contributed by atoms with E-state index in [1.807, 2.05) is 30.3 Å². The number of nitrogens with zero attached hydrogens (tertiary/aromatic N) is 3. The van der Waals surface area contributed by atoms with Crippen molar-refractivity contribution in [3.05, 3.63) is 54.2 Å². The SMILES string of the molecule is CC(=O)Oc1ccc(CN(CCN(C)C(C)=O)c2ccccn2)cc1. The van der Waals surface area contributed by atoms with E-state index < -0.39 is 0 Å². The standard InChI is InChI=1S/C19H23N3O3/c1-15(23)21(3)12-13-22(19-6-4-5-11-20-19)14-17-7-9-18(10-8-17)25-16(2)24/h4-11H,12-14H2,1-3H3. The molecule has 0 radical (unpaired) electrons. The molecule has 1 heterocycles. The van der Waals surface area contributed by atoms with E-state index in [4.69, 9.17) is 4.74 Å². The normalized spacial score (nSPS) is 10.2. The number of aromatic nitrogens is 1. The quantitative estimate of drug-likeness (QED) is 0.572. The Balaban J connectivity index is 2.10. The van der Waals surface area contributed by atoms with Crippen molar-refractivity contribution in [1.29, 1.82) is 0 Å². The molecule has 132 valence electrons. The number of benzene rings is 1. The fourth-order valence-corrected chi connectivity index (χ4v) is 2.29. The Kier molecular flexibility index (Phi) is 6.51. The van der Waals surface area contributed by atoms with Gasteiger partial charge in [-0.15, -0.1) is 0 Å². The highest BCUT2D eigenvalue weighted by molar-refractivity contribution is 5.72. The van der Waals surface area contributed by atoms with E-state index in [-0.39, 0.29) is 11.9 Å². The Bertz CT molecular complexity index is 702. The van der Waals surface area contributed by atoms with Gasteiger partial charge in [-0.1, -0.05) is 18.2 Å². The van der Waals surface area contributed by atoms with Gasteiger partial charge in [0.2, 0.25) is 5.91 Å². The maximum Gasteiger partial charge on any atom is 0.308 e. The fraction of sp³-hybridized carbons (Fsp3) is 0.316. The maximum atomic E-state index is 11.4. The first-order chi connectivity index (χ1) is 12.0. The van der Waals surface area contributed by atoms with Crippen LogP contribution in [0.2, 0.25) is 0 Å². The highest BCUT2D eigenvalue weighted by atomic mass is 16.5. The monoisotopic (exact) mass is 341 g/mol. The maximum absolute atomic E-state index is 11.4. The minimum atomic E-state index is -0.338. The first-order valence-electron chi connectivity index (χ1n) is 8.11. The molecule has 6 nitrogen and oxygen atoms in total. The summed E-state index contributed by atoms with van der Waals surface area (Å²) >= 11 is 0. The molecule has 0 saturated carbocycles. The summed E-state index contributed by atoms with van der Waals surface area (Å²) in [6.07, 6.45) is 1.75. The number of carbonyl (C=O) groups excluding carboxylic acids is 2. The van der Waals surface area contributed by atoms with Gasteiger partial charge in [-0.2, -0.15) is 0 Å². The highest BCUT2D eigenvalue weighted by Gasteiger charge is 2.11. The molecule has 0 saturated heterocycles. The van der Waals surface area contributed by atoms with Crippen molar-refractivity contribution in [1.82, 2.24) is 9.88 Å². The molecule has 0 bridgehead atoms. The Morgan fingerprint density at radius 3 is 2.32 bits per heavy atom. The van der Waals surface area contributed by atoms with Crippen molar-refractivity contribution >= 4 is 17.7 Å². The lowest BCUT2D eigenvalue weighted by atomic mass is 10.2. The van der Waals surface area contributed by atoms with E-state index in [2.05, 4.69) is 9.88 Å². The molecule has 1 amide bonds. The van der Waals surface area contributed by atoms with E-state index in [0.29, 0.717) is 25.4 Å². The van der Waals surface area contributed by atoms with Crippen molar-refractivity contribution < 1.29 is 14.3 Å². The van der Waals surface area contributed by atoms with Gasteiger partial charge < -0.3 is 14.5 Å². The zero-order valence-electron chi connectivity index (χ0n) is 14.8. The number of ether oxygens (including phenoxy) is 1. The van der Waals surface area contributed by atoms with Gasteiger partial charge in [0.1, 0.15) is 11.6 Å². The van der Waals surface area contributed by atoms with Crippen LogP contribution in [0.3, 0.4) is 0 Å². The van der Waals surface area contributed by atoms with Gasteiger partial charge in [0.25, 0.3) is 0 Å². The summed E-state index contributed by atoms with van der Waals surface area (Å²) in [5, 5.41) is 0. The molecule has 1 aromatic carbocycles. The van der Waals surface area contributed by atoms with Crippen molar-refractivity contribution in [2.24, 2.45) is 0 Å². The summed E-state index contributed by atoms with van der Waals surface area (Å²) in [7, 11) is 1.78. The van der Waals surface area contributed by atoms with Gasteiger partial charge in [-0.05, 0) is 29.8 Å². The lowest BCUT2D eigenvalue weighted by Crippen LogP contribution is -2.35. The van der Waals surface area contributed by atoms with Crippen LogP contribution in [-0.4, -0.2) is 41.9 Å². The number of esters is 1. The Morgan fingerprint density at radius 1 is 1.04 bits per heavy atom. The predicted octanol–water partition coefficient (Wildman–Crippen LogP) is 2.49. The van der Waals surface area contributed by atoms with Crippen LogP contribution in [0.15, 0.2) is 48.7 Å². The second kappa shape index (κ2) is 8.82. The summed E-state index contributed by atoms with van der Waals surface area (Å²) < 4.78 is 5.06. The Morgan fingerprint density at radius 2 is 1.76 bits per heavy atom. The Labute approximate surface area is 148 Å². The molecular weight excluding hydrogens is 318 g/mol. The molecule has 2 rings (SSSR count). The minimum absolute atomic E-state index is 0.0340. The van der Waals surface area contributed by atoms with Crippen molar-refractivity contribution in [3.8, 4) is 5.75 Å². The fourth-order valence-electron chi connectivity index (χ4n) is 2.29. The van der Waals surface area contributed by atoms with Crippen LogP contribution in [0.5, 0.6) is 5.75 Å². The number of anilines is 1. The summed E-state index contributed by atoms with van der Waals surface area (Å²) in [4.78, 5) is 30.6. The van der Waals surface area contributed by atoms with Crippen LogP contribution < -0.4 is 9.64 Å². The van der Waals surface area contributed by atoms with E-state index in [1.165, 1.54) is 6.92 Å². The van der Waals surface area contributed by atoms with E-state index in [1.54, 1.807) is 37.2 Å². The highest BCUT2D eigenvalue weighted by Crippen LogP contribution is 2.17. The average molecular weight is 341 g/mol.